The molecule has 0 saturated carbocycles. The van der Waals surface area contributed by atoms with E-state index in [1.54, 1.807) is 18.2 Å². The van der Waals surface area contributed by atoms with Gasteiger partial charge in [-0.15, -0.1) is 0 Å². The molecule has 1 aromatic carbocycles. The Hall–Kier alpha value is -1.11. The monoisotopic (exact) mass is 302 g/mol. The van der Waals surface area contributed by atoms with E-state index in [1.165, 1.54) is 10.6 Å². The minimum Gasteiger partial charge on any atom is -0.368 e. The summed E-state index contributed by atoms with van der Waals surface area (Å²) >= 11 is 5.85. The lowest BCUT2D eigenvalue weighted by Gasteiger charge is -2.35. The predicted octanol–water partition coefficient (Wildman–Crippen LogP) is 1.23. The minimum absolute atomic E-state index is 0.430. The Morgan fingerprint density at radius 3 is 2.37 bits per heavy atom. The second kappa shape index (κ2) is 5.48. The molecule has 1 aliphatic heterocycles. The van der Waals surface area contributed by atoms with E-state index in [1.807, 2.05) is 4.90 Å². The van der Waals surface area contributed by atoms with Crippen LogP contribution < -0.4 is 4.90 Å². The SMILES string of the molecule is CS(=O)(=O)N1CCN(c2ccc(Cl)cc2C=O)CC1. The summed E-state index contributed by atoms with van der Waals surface area (Å²) in [6.45, 7) is 1.99. The molecule has 0 atom stereocenters. The molecule has 7 heteroatoms. The van der Waals surface area contributed by atoms with E-state index in [0.29, 0.717) is 36.8 Å². The first kappa shape index (κ1) is 14.3. The molecule has 0 N–H and O–H groups in total. The molecule has 1 aromatic rings. The van der Waals surface area contributed by atoms with Crippen LogP contribution in [0.5, 0.6) is 0 Å². The number of hydrogen-bond donors (Lipinski definition) is 0. The van der Waals surface area contributed by atoms with Gasteiger partial charge in [-0.3, -0.25) is 4.79 Å². The molecule has 0 amide bonds. The first-order valence-corrected chi connectivity index (χ1v) is 8.09. The van der Waals surface area contributed by atoms with Crippen molar-refractivity contribution in [2.45, 2.75) is 0 Å². The number of nitrogens with zero attached hydrogens (tertiary/aromatic N) is 2. The number of halogens is 1. The van der Waals surface area contributed by atoms with Gasteiger partial charge in [0.05, 0.1) is 6.26 Å². The maximum atomic E-state index is 11.4. The average molecular weight is 303 g/mol. The summed E-state index contributed by atoms with van der Waals surface area (Å²) in [7, 11) is -3.14. The van der Waals surface area contributed by atoms with Crippen molar-refractivity contribution in [3.05, 3.63) is 28.8 Å². The molecule has 104 valence electrons. The molecule has 2 rings (SSSR count). The predicted molar refractivity (Wildman–Crippen MR) is 75.5 cm³/mol. The van der Waals surface area contributed by atoms with Gasteiger partial charge in [0.25, 0.3) is 0 Å². The first-order chi connectivity index (χ1) is 8.91. The fourth-order valence-electron chi connectivity index (χ4n) is 2.17. The van der Waals surface area contributed by atoms with Crippen LogP contribution in [0.4, 0.5) is 5.69 Å². The number of aldehydes is 1. The van der Waals surface area contributed by atoms with E-state index in [4.69, 9.17) is 11.6 Å². The van der Waals surface area contributed by atoms with Gasteiger partial charge in [-0.25, -0.2) is 8.42 Å². The zero-order valence-electron chi connectivity index (χ0n) is 10.5. The summed E-state index contributed by atoms with van der Waals surface area (Å²) in [5.74, 6) is 0. The molecule has 1 aliphatic rings. The van der Waals surface area contributed by atoms with Gasteiger partial charge in [0.1, 0.15) is 0 Å². The molecule has 0 unspecified atom stereocenters. The van der Waals surface area contributed by atoms with Crippen molar-refractivity contribution in [3.8, 4) is 0 Å². The van der Waals surface area contributed by atoms with Crippen LogP contribution in [0.15, 0.2) is 18.2 Å². The third-order valence-electron chi connectivity index (χ3n) is 3.16. The zero-order valence-corrected chi connectivity index (χ0v) is 12.1. The van der Waals surface area contributed by atoms with Crippen molar-refractivity contribution in [2.24, 2.45) is 0 Å². The van der Waals surface area contributed by atoms with Crippen molar-refractivity contribution in [3.63, 3.8) is 0 Å². The van der Waals surface area contributed by atoms with Crippen molar-refractivity contribution in [1.82, 2.24) is 4.31 Å². The number of hydrogen-bond acceptors (Lipinski definition) is 4. The van der Waals surface area contributed by atoms with Crippen LogP contribution in [0, 0.1) is 0 Å². The number of sulfonamides is 1. The quantitative estimate of drug-likeness (QED) is 0.788. The Bertz CT molecular complexity index is 581. The van der Waals surface area contributed by atoms with E-state index in [9.17, 15) is 13.2 Å². The number of rotatable bonds is 3. The lowest BCUT2D eigenvalue weighted by atomic mass is 10.1. The Morgan fingerprint density at radius 2 is 1.84 bits per heavy atom. The molecule has 0 radical (unpaired) electrons. The summed E-state index contributed by atoms with van der Waals surface area (Å²) in [4.78, 5) is 13.1. The summed E-state index contributed by atoms with van der Waals surface area (Å²) in [5, 5.41) is 0.514. The molecular formula is C12H15ClN2O3S. The molecule has 0 spiro atoms. The molecule has 0 bridgehead atoms. The minimum atomic E-state index is -3.14. The second-order valence-corrected chi connectivity index (χ2v) is 6.89. The Labute approximate surface area is 117 Å². The van der Waals surface area contributed by atoms with Gasteiger partial charge in [-0.1, -0.05) is 11.6 Å². The van der Waals surface area contributed by atoms with Crippen LogP contribution in [0.2, 0.25) is 5.02 Å². The maximum Gasteiger partial charge on any atom is 0.211 e. The molecule has 0 aliphatic carbocycles. The van der Waals surface area contributed by atoms with Gasteiger partial charge >= 0.3 is 0 Å². The van der Waals surface area contributed by atoms with Gasteiger partial charge in [0.15, 0.2) is 6.29 Å². The van der Waals surface area contributed by atoms with E-state index in [2.05, 4.69) is 0 Å². The first-order valence-electron chi connectivity index (χ1n) is 5.86. The number of carbonyl (C=O) groups is 1. The van der Waals surface area contributed by atoms with Crippen molar-refractivity contribution >= 4 is 33.6 Å². The summed E-state index contributed by atoms with van der Waals surface area (Å²) in [6, 6.07) is 5.14. The van der Waals surface area contributed by atoms with Crippen molar-refractivity contribution in [1.29, 1.82) is 0 Å². The van der Waals surface area contributed by atoms with Gasteiger partial charge in [0.2, 0.25) is 10.0 Å². The van der Waals surface area contributed by atoms with Crippen molar-refractivity contribution in [2.75, 3.05) is 37.3 Å². The number of piperazine rings is 1. The van der Waals surface area contributed by atoms with E-state index in [-0.39, 0.29) is 0 Å². The normalized spacial score (nSPS) is 17.5. The van der Waals surface area contributed by atoms with Gasteiger partial charge in [-0.2, -0.15) is 4.31 Å². The van der Waals surface area contributed by atoms with Crippen molar-refractivity contribution < 1.29 is 13.2 Å². The molecule has 5 nitrogen and oxygen atoms in total. The number of carbonyl (C=O) groups excluding carboxylic acids is 1. The maximum absolute atomic E-state index is 11.4. The van der Waals surface area contributed by atoms with Crippen LogP contribution in [0.1, 0.15) is 10.4 Å². The Kier molecular flexibility index (Phi) is 4.13. The zero-order chi connectivity index (χ0) is 14.0. The van der Waals surface area contributed by atoms with Gasteiger partial charge in [0, 0.05) is 42.5 Å². The highest BCUT2D eigenvalue weighted by Gasteiger charge is 2.24. The van der Waals surface area contributed by atoms with Crippen LogP contribution >= 0.6 is 11.6 Å². The molecule has 1 fully saturated rings. The second-order valence-electron chi connectivity index (χ2n) is 4.47. The lowest BCUT2D eigenvalue weighted by molar-refractivity contribution is 0.112. The van der Waals surface area contributed by atoms with Gasteiger partial charge < -0.3 is 4.90 Å². The summed E-state index contributed by atoms with van der Waals surface area (Å²) in [5.41, 5.74) is 1.33. The Morgan fingerprint density at radius 1 is 1.21 bits per heavy atom. The standard InChI is InChI=1S/C12H15ClN2O3S/c1-19(17,18)15-6-4-14(5-7-15)12-3-2-11(13)8-10(12)9-16/h2-3,8-9H,4-7H2,1H3. The Balaban J connectivity index is 2.16. The largest absolute Gasteiger partial charge is 0.368 e. The summed E-state index contributed by atoms with van der Waals surface area (Å²) < 4.78 is 24.3. The highest BCUT2D eigenvalue weighted by molar-refractivity contribution is 7.88. The lowest BCUT2D eigenvalue weighted by Crippen LogP contribution is -2.48. The molecule has 1 saturated heterocycles. The van der Waals surface area contributed by atoms with Crippen LogP contribution in [-0.2, 0) is 10.0 Å². The topological polar surface area (TPSA) is 57.7 Å². The summed E-state index contributed by atoms with van der Waals surface area (Å²) in [6.07, 6.45) is 1.98. The molecule has 1 heterocycles. The van der Waals surface area contributed by atoms with Crippen LogP contribution in [-0.4, -0.2) is 51.4 Å². The highest BCUT2D eigenvalue weighted by Crippen LogP contribution is 2.24. The van der Waals surface area contributed by atoms with E-state index in [0.717, 1.165) is 12.0 Å². The van der Waals surface area contributed by atoms with E-state index >= 15 is 0 Å². The fraction of sp³-hybridized carbons (Fsp3) is 0.417. The fourth-order valence-corrected chi connectivity index (χ4v) is 3.18. The number of anilines is 1. The third-order valence-corrected chi connectivity index (χ3v) is 4.70. The molecule has 19 heavy (non-hydrogen) atoms. The van der Waals surface area contributed by atoms with Gasteiger partial charge in [-0.05, 0) is 18.2 Å². The highest BCUT2D eigenvalue weighted by atomic mass is 35.5. The van der Waals surface area contributed by atoms with Crippen LogP contribution in [0.3, 0.4) is 0 Å². The smallest absolute Gasteiger partial charge is 0.211 e. The van der Waals surface area contributed by atoms with Crippen LogP contribution in [0.25, 0.3) is 0 Å². The average Bonchev–Trinajstić information content (AvgIpc) is 2.37. The molecule has 0 aromatic heterocycles. The number of benzene rings is 1. The third kappa shape index (κ3) is 3.26. The molecular weight excluding hydrogens is 288 g/mol. The van der Waals surface area contributed by atoms with E-state index < -0.39 is 10.0 Å².